The van der Waals surface area contributed by atoms with Gasteiger partial charge in [-0.1, -0.05) is 13.8 Å². The fraction of sp³-hybridized carbons (Fsp3) is 0.667. The van der Waals surface area contributed by atoms with Crippen LogP contribution in [-0.4, -0.2) is 35.6 Å². The quantitative estimate of drug-likeness (QED) is 0.764. The number of pyridine rings is 1. The number of rotatable bonds is 8. The summed E-state index contributed by atoms with van der Waals surface area (Å²) in [6.45, 7) is 9.03. The largest absolute Gasteiger partial charge is 0.314 e. The topological polar surface area (TPSA) is 28.2 Å². The lowest BCUT2D eigenvalue weighted by Gasteiger charge is -2.24. The molecule has 1 saturated carbocycles. The van der Waals surface area contributed by atoms with Crippen molar-refractivity contribution < 1.29 is 0 Å². The van der Waals surface area contributed by atoms with E-state index in [0.717, 1.165) is 25.7 Å². The zero-order chi connectivity index (χ0) is 12.8. The van der Waals surface area contributed by atoms with Gasteiger partial charge in [0, 0.05) is 31.5 Å². The monoisotopic (exact) mass is 247 g/mol. The molecular weight excluding hydrogens is 222 g/mol. The van der Waals surface area contributed by atoms with E-state index in [9.17, 15) is 0 Å². The predicted octanol–water partition coefficient (Wildman–Crippen LogP) is 2.29. The third-order valence-electron chi connectivity index (χ3n) is 3.50. The van der Waals surface area contributed by atoms with E-state index in [1.165, 1.54) is 24.9 Å². The predicted molar refractivity (Wildman–Crippen MR) is 75.4 cm³/mol. The Labute approximate surface area is 111 Å². The van der Waals surface area contributed by atoms with E-state index in [-0.39, 0.29) is 0 Å². The summed E-state index contributed by atoms with van der Waals surface area (Å²) in [5, 5.41) is 3.61. The lowest BCUT2D eigenvalue weighted by molar-refractivity contribution is 0.237. The highest BCUT2D eigenvalue weighted by molar-refractivity contribution is 5.09. The van der Waals surface area contributed by atoms with Crippen LogP contribution < -0.4 is 5.32 Å². The zero-order valence-electron chi connectivity index (χ0n) is 11.6. The van der Waals surface area contributed by atoms with E-state index >= 15 is 0 Å². The Balaban J connectivity index is 1.73. The molecule has 0 aromatic carbocycles. The normalized spacial score (nSPS) is 17.1. The smallest absolute Gasteiger partial charge is 0.0271 e. The fourth-order valence-electron chi connectivity index (χ4n) is 2.21. The highest BCUT2D eigenvalue weighted by atomic mass is 15.1. The number of hydrogen-bond acceptors (Lipinski definition) is 3. The summed E-state index contributed by atoms with van der Waals surface area (Å²) in [6, 6.07) is 5.04. The maximum Gasteiger partial charge on any atom is 0.0271 e. The highest BCUT2D eigenvalue weighted by Gasteiger charge is 2.21. The van der Waals surface area contributed by atoms with Gasteiger partial charge in [0.1, 0.15) is 0 Å². The Hall–Kier alpha value is -0.930. The first kappa shape index (κ1) is 13.5. The average Bonchev–Trinajstić information content (AvgIpc) is 3.21. The standard InChI is InChI=1S/C15H25N3/c1-3-18(12-14-6-8-16-9-7-14)11-13(2)10-17-15-4-5-15/h6-9,13,15,17H,3-5,10-12H2,1-2H3. The number of nitrogens with one attached hydrogen (secondary N) is 1. The van der Waals surface area contributed by atoms with Crippen LogP contribution in [0.15, 0.2) is 24.5 Å². The van der Waals surface area contributed by atoms with Gasteiger partial charge in [-0.2, -0.15) is 0 Å². The van der Waals surface area contributed by atoms with E-state index in [0.29, 0.717) is 5.92 Å². The number of aromatic nitrogens is 1. The molecule has 2 rings (SSSR count). The molecule has 0 spiro atoms. The molecule has 0 bridgehead atoms. The molecule has 1 aliphatic rings. The van der Waals surface area contributed by atoms with E-state index in [1.54, 1.807) is 0 Å². The van der Waals surface area contributed by atoms with Crippen molar-refractivity contribution >= 4 is 0 Å². The van der Waals surface area contributed by atoms with Crippen LogP contribution >= 0.6 is 0 Å². The van der Waals surface area contributed by atoms with Crippen molar-refractivity contribution in [3.63, 3.8) is 0 Å². The molecule has 1 N–H and O–H groups in total. The molecule has 100 valence electrons. The summed E-state index contributed by atoms with van der Waals surface area (Å²) in [6.07, 6.45) is 6.50. The van der Waals surface area contributed by atoms with Crippen molar-refractivity contribution in [3.8, 4) is 0 Å². The van der Waals surface area contributed by atoms with Gasteiger partial charge >= 0.3 is 0 Å². The van der Waals surface area contributed by atoms with Crippen LogP contribution in [0, 0.1) is 5.92 Å². The maximum atomic E-state index is 4.07. The lowest BCUT2D eigenvalue weighted by Crippen LogP contribution is -2.33. The summed E-state index contributed by atoms with van der Waals surface area (Å²) in [5.74, 6) is 0.715. The van der Waals surface area contributed by atoms with Crippen molar-refractivity contribution in [2.45, 2.75) is 39.3 Å². The molecule has 0 aliphatic heterocycles. The minimum Gasteiger partial charge on any atom is -0.314 e. The maximum absolute atomic E-state index is 4.07. The Morgan fingerprint density at radius 2 is 2.11 bits per heavy atom. The van der Waals surface area contributed by atoms with Gasteiger partial charge in [-0.15, -0.1) is 0 Å². The minimum absolute atomic E-state index is 0.715. The van der Waals surface area contributed by atoms with Gasteiger partial charge in [0.15, 0.2) is 0 Å². The summed E-state index contributed by atoms with van der Waals surface area (Å²) < 4.78 is 0. The van der Waals surface area contributed by atoms with Gasteiger partial charge in [-0.25, -0.2) is 0 Å². The molecule has 1 atom stereocenters. The van der Waals surface area contributed by atoms with Crippen molar-refractivity contribution in [1.82, 2.24) is 15.2 Å². The SMILES string of the molecule is CCN(Cc1ccncc1)CC(C)CNC1CC1. The van der Waals surface area contributed by atoms with Crippen LogP contribution in [0.2, 0.25) is 0 Å². The molecule has 0 saturated heterocycles. The Morgan fingerprint density at radius 3 is 2.72 bits per heavy atom. The molecule has 18 heavy (non-hydrogen) atoms. The first-order valence-electron chi connectivity index (χ1n) is 7.12. The molecule has 3 heteroatoms. The molecule has 1 heterocycles. The zero-order valence-corrected chi connectivity index (χ0v) is 11.6. The van der Waals surface area contributed by atoms with Crippen molar-refractivity contribution in [2.24, 2.45) is 5.92 Å². The van der Waals surface area contributed by atoms with Crippen LogP contribution in [0.1, 0.15) is 32.3 Å². The molecule has 0 amide bonds. The van der Waals surface area contributed by atoms with E-state index < -0.39 is 0 Å². The van der Waals surface area contributed by atoms with Crippen molar-refractivity contribution in [2.75, 3.05) is 19.6 Å². The van der Waals surface area contributed by atoms with Gasteiger partial charge in [0.25, 0.3) is 0 Å². The van der Waals surface area contributed by atoms with Gasteiger partial charge in [-0.3, -0.25) is 9.88 Å². The summed E-state index contributed by atoms with van der Waals surface area (Å²) >= 11 is 0. The fourth-order valence-corrected chi connectivity index (χ4v) is 2.21. The Morgan fingerprint density at radius 1 is 1.39 bits per heavy atom. The second-order valence-electron chi connectivity index (χ2n) is 5.47. The van der Waals surface area contributed by atoms with E-state index in [2.05, 4.69) is 41.2 Å². The van der Waals surface area contributed by atoms with Gasteiger partial charge in [0.05, 0.1) is 0 Å². The van der Waals surface area contributed by atoms with E-state index in [1.807, 2.05) is 12.4 Å². The van der Waals surface area contributed by atoms with Crippen molar-refractivity contribution in [3.05, 3.63) is 30.1 Å². The van der Waals surface area contributed by atoms with Gasteiger partial charge in [0.2, 0.25) is 0 Å². The molecule has 3 nitrogen and oxygen atoms in total. The van der Waals surface area contributed by atoms with Crippen LogP contribution in [0.4, 0.5) is 0 Å². The highest BCUT2D eigenvalue weighted by Crippen LogP contribution is 2.18. The van der Waals surface area contributed by atoms with Crippen LogP contribution in [0.25, 0.3) is 0 Å². The second kappa shape index (κ2) is 6.86. The first-order chi connectivity index (χ1) is 8.78. The average molecular weight is 247 g/mol. The molecule has 1 aromatic heterocycles. The summed E-state index contributed by atoms with van der Waals surface area (Å²) in [5.41, 5.74) is 1.36. The van der Waals surface area contributed by atoms with Crippen LogP contribution in [0.5, 0.6) is 0 Å². The lowest BCUT2D eigenvalue weighted by atomic mass is 10.1. The molecule has 0 radical (unpaired) electrons. The van der Waals surface area contributed by atoms with Crippen molar-refractivity contribution in [1.29, 1.82) is 0 Å². The second-order valence-corrected chi connectivity index (χ2v) is 5.47. The van der Waals surface area contributed by atoms with E-state index in [4.69, 9.17) is 0 Å². The summed E-state index contributed by atoms with van der Waals surface area (Å²) in [7, 11) is 0. The number of hydrogen-bond donors (Lipinski definition) is 1. The molecule has 1 fully saturated rings. The van der Waals surface area contributed by atoms with Gasteiger partial charge < -0.3 is 5.32 Å². The molecule has 1 aromatic rings. The summed E-state index contributed by atoms with van der Waals surface area (Å²) in [4.78, 5) is 6.58. The molecular formula is C15H25N3. The first-order valence-corrected chi connectivity index (χ1v) is 7.12. The van der Waals surface area contributed by atoms with Gasteiger partial charge in [-0.05, 0) is 49.5 Å². The third-order valence-corrected chi connectivity index (χ3v) is 3.50. The third kappa shape index (κ3) is 4.75. The van der Waals surface area contributed by atoms with Crippen LogP contribution in [0.3, 0.4) is 0 Å². The Kier molecular flexibility index (Phi) is 5.14. The molecule has 1 unspecified atom stereocenters. The Bertz CT molecular complexity index is 335. The van der Waals surface area contributed by atoms with Crippen LogP contribution in [-0.2, 0) is 6.54 Å². The minimum atomic E-state index is 0.715. The number of nitrogens with zero attached hydrogens (tertiary/aromatic N) is 2. The molecule has 1 aliphatic carbocycles.